The third-order valence-corrected chi connectivity index (χ3v) is 7.42. The standard InChI is InChI=1S/C20H25N7S/c21-14-3-5-15(6-4-14)28-16-12-23-19(27-13-24-25-18(16)27)26-10-8-20(9-11-26)7-1-2-17(20)22/h3-6,12-13,17H,1-2,7-11,21-22H2/t17-/m1/s1. The molecular weight excluding hydrogens is 370 g/mol. The first kappa shape index (κ1) is 17.8. The van der Waals surface area contributed by atoms with Crippen molar-refractivity contribution in [2.75, 3.05) is 23.7 Å². The molecule has 0 unspecified atom stereocenters. The fourth-order valence-electron chi connectivity index (χ4n) is 4.69. The maximum Gasteiger partial charge on any atom is 0.212 e. The number of nitrogens with zero attached hydrogens (tertiary/aromatic N) is 5. The van der Waals surface area contributed by atoms with Crippen LogP contribution < -0.4 is 16.4 Å². The number of nitrogens with two attached hydrogens (primary N) is 2. The molecule has 146 valence electrons. The third kappa shape index (κ3) is 3.00. The highest BCUT2D eigenvalue weighted by molar-refractivity contribution is 7.99. The van der Waals surface area contributed by atoms with E-state index in [1.165, 1.54) is 19.3 Å². The number of nitrogen functional groups attached to an aromatic ring is 1. The minimum atomic E-state index is 0.341. The lowest BCUT2D eigenvalue weighted by molar-refractivity contribution is 0.197. The van der Waals surface area contributed by atoms with E-state index >= 15 is 0 Å². The highest BCUT2D eigenvalue weighted by Gasteiger charge is 2.43. The lowest BCUT2D eigenvalue weighted by Crippen LogP contribution is -2.47. The highest BCUT2D eigenvalue weighted by Crippen LogP contribution is 2.46. The monoisotopic (exact) mass is 395 g/mol. The molecule has 8 heteroatoms. The van der Waals surface area contributed by atoms with Crippen molar-refractivity contribution in [2.45, 2.75) is 47.9 Å². The van der Waals surface area contributed by atoms with Gasteiger partial charge in [0.25, 0.3) is 0 Å². The van der Waals surface area contributed by atoms with Crippen molar-refractivity contribution >= 4 is 29.0 Å². The second kappa shape index (κ2) is 6.93. The molecule has 7 nitrogen and oxygen atoms in total. The Balaban J connectivity index is 1.40. The van der Waals surface area contributed by atoms with Crippen LogP contribution in [0.1, 0.15) is 32.1 Å². The summed E-state index contributed by atoms with van der Waals surface area (Å²) in [5.74, 6) is 0.920. The number of fused-ring (bicyclic) bond motifs is 1. The van der Waals surface area contributed by atoms with Gasteiger partial charge in [0.05, 0.1) is 4.90 Å². The molecule has 1 aliphatic carbocycles. The zero-order valence-corrected chi connectivity index (χ0v) is 16.6. The Hall–Kier alpha value is -2.32. The van der Waals surface area contributed by atoms with Crippen LogP contribution in [0.4, 0.5) is 11.6 Å². The quantitative estimate of drug-likeness (QED) is 0.658. The SMILES string of the molecule is Nc1ccc(Sc2cnc(N3CCC4(CCC[C@H]4N)CC3)n3cnnc23)cc1. The number of anilines is 2. The van der Waals surface area contributed by atoms with Crippen LogP contribution >= 0.6 is 11.8 Å². The molecule has 0 amide bonds. The van der Waals surface area contributed by atoms with Crippen molar-refractivity contribution in [1.29, 1.82) is 0 Å². The maximum absolute atomic E-state index is 6.44. The van der Waals surface area contributed by atoms with Crippen molar-refractivity contribution in [2.24, 2.45) is 11.1 Å². The van der Waals surface area contributed by atoms with Crippen LogP contribution in [0.25, 0.3) is 5.65 Å². The van der Waals surface area contributed by atoms with E-state index in [4.69, 9.17) is 16.5 Å². The summed E-state index contributed by atoms with van der Waals surface area (Å²) in [6, 6.07) is 8.19. The fraction of sp³-hybridized carbons (Fsp3) is 0.450. The summed E-state index contributed by atoms with van der Waals surface area (Å²) in [6.45, 7) is 1.97. The van der Waals surface area contributed by atoms with E-state index in [-0.39, 0.29) is 0 Å². The van der Waals surface area contributed by atoms with Gasteiger partial charge in [-0.2, -0.15) is 0 Å². The van der Waals surface area contributed by atoms with Crippen LogP contribution in [0, 0.1) is 5.41 Å². The van der Waals surface area contributed by atoms with Crippen molar-refractivity contribution < 1.29 is 0 Å². The van der Waals surface area contributed by atoms with Crippen LogP contribution in [0.15, 0.2) is 46.6 Å². The molecule has 4 N–H and O–H groups in total. The molecule has 3 aromatic rings. The number of hydrogen-bond acceptors (Lipinski definition) is 7. The summed E-state index contributed by atoms with van der Waals surface area (Å²) in [6.07, 6.45) is 9.66. The molecule has 0 radical (unpaired) electrons. The average Bonchev–Trinajstić information content (AvgIpc) is 3.33. The van der Waals surface area contributed by atoms with E-state index < -0.39 is 0 Å². The summed E-state index contributed by atoms with van der Waals surface area (Å²) in [4.78, 5) is 9.22. The molecule has 1 spiro atoms. The summed E-state index contributed by atoms with van der Waals surface area (Å²) in [5, 5.41) is 8.50. The minimum Gasteiger partial charge on any atom is -0.399 e. The van der Waals surface area contributed by atoms with Gasteiger partial charge in [-0.1, -0.05) is 18.2 Å². The number of piperidine rings is 1. The topological polar surface area (TPSA) is 98.4 Å². The predicted molar refractivity (Wildman–Crippen MR) is 111 cm³/mol. The summed E-state index contributed by atoms with van der Waals surface area (Å²) in [5.41, 5.74) is 14.2. The van der Waals surface area contributed by atoms with Crippen molar-refractivity contribution in [3.8, 4) is 0 Å². The van der Waals surface area contributed by atoms with Gasteiger partial charge in [-0.25, -0.2) is 9.38 Å². The molecule has 1 aromatic carbocycles. The van der Waals surface area contributed by atoms with Gasteiger partial charge in [-0.05, 0) is 55.4 Å². The third-order valence-electron chi connectivity index (χ3n) is 6.41. The number of benzene rings is 1. The van der Waals surface area contributed by atoms with E-state index in [9.17, 15) is 0 Å². The Bertz CT molecular complexity index is 976. The molecule has 1 saturated heterocycles. The van der Waals surface area contributed by atoms with E-state index in [2.05, 4.69) is 15.1 Å². The Morgan fingerprint density at radius 2 is 1.89 bits per heavy atom. The van der Waals surface area contributed by atoms with Crippen LogP contribution in [-0.4, -0.2) is 38.7 Å². The van der Waals surface area contributed by atoms with Gasteiger partial charge in [-0.3, -0.25) is 0 Å². The predicted octanol–water partition coefficient (Wildman–Crippen LogP) is 2.96. The second-order valence-electron chi connectivity index (χ2n) is 7.97. The molecule has 2 aromatic heterocycles. The van der Waals surface area contributed by atoms with E-state index in [0.29, 0.717) is 11.5 Å². The Morgan fingerprint density at radius 3 is 2.61 bits per heavy atom. The molecule has 5 rings (SSSR count). The van der Waals surface area contributed by atoms with Gasteiger partial charge < -0.3 is 16.4 Å². The van der Waals surface area contributed by atoms with E-state index in [1.54, 1.807) is 18.1 Å². The molecule has 3 heterocycles. The first-order chi connectivity index (χ1) is 13.6. The molecule has 1 saturated carbocycles. The van der Waals surface area contributed by atoms with Gasteiger partial charge in [-0.15, -0.1) is 10.2 Å². The molecule has 2 fully saturated rings. The first-order valence-corrected chi connectivity index (χ1v) is 10.7. The number of hydrogen-bond donors (Lipinski definition) is 2. The maximum atomic E-state index is 6.44. The highest BCUT2D eigenvalue weighted by atomic mass is 32.2. The average molecular weight is 396 g/mol. The molecule has 1 aliphatic heterocycles. The zero-order valence-electron chi connectivity index (χ0n) is 15.8. The first-order valence-electron chi connectivity index (χ1n) is 9.87. The normalized spacial score (nSPS) is 21.6. The van der Waals surface area contributed by atoms with Gasteiger partial charge in [0.1, 0.15) is 6.33 Å². The van der Waals surface area contributed by atoms with Crippen LogP contribution in [0.5, 0.6) is 0 Å². The molecule has 1 atom stereocenters. The van der Waals surface area contributed by atoms with Crippen LogP contribution in [0.2, 0.25) is 0 Å². The Morgan fingerprint density at radius 1 is 1.11 bits per heavy atom. The van der Waals surface area contributed by atoms with Crippen molar-refractivity contribution in [3.05, 3.63) is 36.8 Å². The van der Waals surface area contributed by atoms with Crippen LogP contribution in [0.3, 0.4) is 0 Å². The minimum absolute atomic E-state index is 0.341. The molecule has 28 heavy (non-hydrogen) atoms. The Kier molecular flexibility index (Phi) is 4.40. The van der Waals surface area contributed by atoms with Gasteiger partial charge >= 0.3 is 0 Å². The lowest BCUT2D eigenvalue weighted by atomic mass is 9.74. The zero-order chi connectivity index (χ0) is 19.1. The lowest BCUT2D eigenvalue weighted by Gasteiger charge is -2.42. The second-order valence-corrected chi connectivity index (χ2v) is 9.08. The summed E-state index contributed by atoms with van der Waals surface area (Å²) >= 11 is 1.62. The van der Waals surface area contributed by atoms with Gasteiger partial charge in [0.15, 0.2) is 5.65 Å². The molecule has 2 aliphatic rings. The van der Waals surface area contributed by atoms with Crippen molar-refractivity contribution in [1.82, 2.24) is 19.6 Å². The van der Waals surface area contributed by atoms with Gasteiger partial charge in [0, 0.05) is 35.9 Å². The van der Waals surface area contributed by atoms with Crippen LogP contribution in [-0.2, 0) is 0 Å². The summed E-state index contributed by atoms with van der Waals surface area (Å²) in [7, 11) is 0. The summed E-state index contributed by atoms with van der Waals surface area (Å²) < 4.78 is 2.01. The fourth-order valence-corrected chi connectivity index (χ4v) is 5.55. The van der Waals surface area contributed by atoms with Crippen molar-refractivity contribution in [3.63, 3.8) is 0 Å². The van der Waals surface area contributed by atoms with Gasteiger partial charge in [0.2, 0.25) is 5.95 Å². The largest absolute Gasteiger partial charge is 0.399 e. The number of aromatic nitrogens is 4. The Labute approximate surface area is 168 Å². The molecule has 0 bridgehead atoms. The van der Waals surface area contributed by atoms with E-state index in [1.807, 2.05) is 34.9 Å². The smallest absolute Gasteiger partial charge is 0.212 e. The van der Waals surface area contributed by atoms with E-state index in [0.717, 1.165) is 53.0 Å². The number of rotatable bonds is 3. The molecular formula is C20H25N7S.